The maximum Gasteiger partial charge on any atom is 0.0547 e. The minimum absolute atomic E-state index is 0.977. The minimum Gasteiger partial charge on any atom is -0.310 e. The quantitative estimate of drug-likeness (QED) is 0.179. The van der Waals surface area contributed by atoms with Crippen LogP contribution in [0.15, 0.2) is 158 Å². The van der Waals surface area contributed by atoms with Crippen molar-refractivity contribution < 1.29 is 0 Å². The zero-order valence-electron chi connectivity index (χ0n) is 27.8. The Hall–Kier alpha value is -6.12. The Balaban J connectivity index is 1.25. The molecule has 0 bridgehead atoms. The van der Waals surface area contributed by atoms with E-state index in [-0.39, 0.29) is 0 Å². The van der Waals surface area contributed by atoms with Crippen LogP contribution in [0.1, 0.15) is 20.3 Å². The van der Waals surface area contributed by atoms with Crippen LogP contribution in [0.4, 0.5) is 0 Å². The minimum atomic E-state index is 0.977. The summed E-state index contributed by atoms with van der Waals surface area (Å²) in [6, 6.07) is 57.7. The average Bonchev–Trinajstić information content (AvgIpc) is 3.66. The van der Waals surface area contributed by atoms with Gasteiger partial charge in [-0.3, -0.25) is 0 Å². The Morgan fingerprint density at radius 3 is 1.69 bits per heavy atom. The number of aromatic nitrogens is 2. The topological polar surface area (TPSA) is 9.86 Å². The van der Waals surface area contributed by atoms with Crippen molar-refractivity contribution in [3.05, 3.63) is 168 Å². The van der Waals surface area contributed by atoms with Crippen LogP contribution in [0.25, 0.3) is 89.3 Å². The Kier molecular flexibility index (Phi) is 7.02. The lowest BCUT2D eigenvalue weighted by molar-refractivity contribution is 1.06. The molecule has 234 valence electrons. The summed E-state index contributed by atoms with van der Waals surface area (Å²) in [7, 11) is 0. The van der Waals surface area contributed by atoms with Gasteiger partial charge in [0, 0.05) is 38.1 Å². The van der Waals surface area contributed by atoms with Gasteiger partial charge in [-0.2, -0.15) is 0 Å². The lowest BCUT2D eigenvalue weighted by Gasteiger charge is -2.10. The maximum absolute atomic E-state index is 2.42. The van der Waals surface area contributed by atoms with Gasteiger partial charge in [-0.1, -0.05) is 116 Å². The summed E-state index contributed by atoms with van der Waals surface area (Å²) in [5, 5.41) is 8.85. The number of para-hydroxylation sites is 2. The number of rotatable bonds is 5. The number of hydrogen-bond donors (Lipinski definition) is 0. The van der Waals surface area contributed by atoms with E-state index in [1.54, 1.807) is 0 Å². The van der Waals surface area contributed by atoms with E-state index < -0.39 is 0 Å². The van der Waals surface area contributed by atoms with E-state index >= 15 is 0 Å². The molecule has 0 unspecified atom stereocenters. The van der Waals surface area contributed by atoms with Crippen LogP contribution >= 0.6 is 0 Å². The van der Waals surface area contributed by atoms with Gasteiger partial charge < -0.3 is 9.13 Å². The standard InChI is InChI=1S/C47H36N2/c1-3-13-40-42-29-35(23-26-45(42)48(44(40)4-2)38-16-7-5-8-17-38)36-24-27-46-43(30-36)41-25-22-37(31-47(41)49(46)39-18-9-6-10-19-39)34-21-20-32-14-11-12-15-33(32)28-34/h4-31H,3H2,1-2H3/b40-13-,44-4+. The zero-order valence-corrected chi connectivity index (χ0v) is 27.8. The second kappa shape index (κ2) is 11.8. The van der Waals surface area contributed by atoms with Crippen LogP contribution in [0.2, 0.25) is 0 Å². The molecule has 2 aromatic heterocycles. The second-order valence-electron chi connectivity index (χ2n) is 12.8. The highest BCUT2D eigenvalue weighted by molar-refractivity contribution is 6.11. The molecule has 9 rings (SSSR count). The number of fused-ring (bicyclic) bond motifs is 5. The van der Waals surface area contributed by atoms with Crippen molar-refractivity contribution >= 4 is 55.6 Å². The fraction of sp³-hybridized carbons (Fsp3) is 0.0638. The molecule has 0 N–H and O–H groups in total. The van der Waals surface area contributed by atoms with Crippen molar-refractivity contribution in [2.75, 3.05) is 0 Å². The van der Waals surface area contributed by atoms with Crippen LogP contribution in [-0.4, -0.2) is 9.13 Å². The molecule has 0 aliphatic rings. The third-order valence-corrected chi connectivity index (χ3v) is 9.94. The maximum atomic E-state index is 2.42. The molecule has 49 heavy (non-hydrogen) atoms. The molecular weight excluding hydrogens is 593 g/mol. The molecule has 2 heteroatoms. The summed E-state index contributed by atoms with van der Waals surface area (Å²) in [4.78, 5) is 0. The fourth-order valence-corrected chi connectivity index (χ4v) is 7.68. The number of benzene rings is 7. The van der Waals surface area contributed by atoms with Crippen molar-refractivity contribution in [3.8, 4) is 33.6 Å². The summed E-state index contributed by atoms with van der Waals surface area (Å²) in [5.74, 6) is 0. The predicted octanol–water partition coefficient (Wildman–Crippen LogP) is 11.2. The van der Waals surface area contributed by atoms with Crippen molar-refractivity contribution in [2.45, 2.75) is 20.3 Å². The van der Waals surface area contributed by atoms with Crippen LogP contribution in [0.5, 0.6) is 0 Å². The zero-order chi connectivity index (χ0) is 32.9. The second-order valence-corrected chi connectivity index (χ2v) is 12.8. The highest BCUT2D eigenvalue weighted by Crippen LogP contribution is 2.38. The van der Waals surface area contributed by atoms with Gasteiger partial charge in [0.25, 0.3) is 0 Å². The molecule has 9 aromatic rings. The third-order valence-electron chi connectivity index (χ3n) is 9.94. The molecule has 0 spiro atoms. The predicted molar refractivity (Wildman–Crippen MR) is 210 cm³/mol. The monoisotopic (exact) mass is 628 g/mol. The molecule has 0 saturated carbocycles. The first kappa shape index (κ1) is 29.1. The smallest absolute Gasteiger partial charge is 0.0547 e. The Morgan fingerprint density at radius 1 is 0.449 bits per heavy atom. The van der Waals surface area contributed by atoms with Crippen molar-refractivity contribution in [1.29, 1.82) is 0 Å². The summed E-state index contributed by atoms with van der Waals surface area (Å²) in [6.45, 7) is 4.36. The van der Waals surface area contributed by atoms with Gasteiger partial charge >= 0.3 is 0 Å². The Labute approximate surface area is 286 Å². The van der Waals surface area contributed by atoms with E-state index in [0.717, 1.165) is 12.1 Å². The van der Waals surface area contributed by atoms with Crippen LogP contribution in [-0.2, 0) is 0 Å². The summed E-state index contributed by atoms with van der Waals surface area (Å²) in [6.07, 6.45) is 5.58. The molecule has 0 saturated heterocycles. The lowest BCUT2D eigenvalue weighted by Crippen LogP contribution is -2.28. The first-order chi connectivity index (χ1) is 24.2. The van der Waals surface area contributed by atoms with Gasteiger partial charge in [-0.25, -0.2) is 0 Å². The van der Waals surface area contributed by atoms with Gasteiger partial charge in [0.1, 0.15) is 0 Å². The molecule has 7 aromatic carbocycles. The van der Waals surface area contributed by atoms with Crippen molar-refractivity contribution in [1.82, 2.24) is 9.13 Å². The SMILES string of the molecule is C/C=c1\c(=C/CC)c2cc(-c3ccc4c(c3)c3ccc(-c5ccc6ccccc6c5)cc3n4-c3ccccc3)ccc2n1-c1ccccc1. The van der Waals surface area contributed by atoms with Gasteiger partial charge in [0.15, 0.2) is 0 Å². The molecule has 0 aliphatic heterocycles. The van der Waals surface area contributed by atoms with Crippen LogP contribution < -0.4 is 10.6 Å². The van der Waals surface area contributed by atoms with Gasteiger partial charge in [-0.15, -0.1) is 0 Å². The van der Waals surface area contributed by atoms with Gasteiger partial charge in [-0.05, 0) is 107 Å². The van der Waals surface area contributed by atoms with E-state index in [9.17, 15) is 0 Å². The lowest BCUT2D eigenvalue weighted by atomic mass is 9.99. The average molecular weight is 629 g/mol. The largest absolute Gasteiger partial charge is 0.310 e. The molecule has 0 atom stereocenters. The third kappa shape index (κ3) is 4.79. The van der Waals surface area contributed by atoms with Crippen LogP contribution in [0, 0.1) is 0 Å². The van der Waals surface area contributed by atoms with E-state index in [0.29, 0.717) is 0 Å². The molecule has 2 nitrogen and oxygen atoms in total. The van der Waals surface area contributed by atoms with E-state index in [1.807, 2.05) is 0 Å². The molecule has 0 radical (unpaired) electrons. The summed E-state index contributed by atoms with van der Waals surface area (Å²) < 4.78 is 4.81. The molecular formula is C47H36N2. The normalized spacial score (nSPS) is 12.6. The van der Waals surface area contributed by atoms with Crippen molar-refractivity contribution in [2.24, 2.45) is 0 Å². The fourth-order valence-electron chi connectivity index (χ4n) is 7.68. The summed E-state index contributed by atoms with van der Waals surface area (Å²) >= 11 is 0. The highest BCUT2D eigenvalue weighted by Gasteiger charge is 2.16. The molecule has 0 amide bonds. The Morgan fingerprint density at radius 2 is 1.00 bits per heavy atom. The van der Waals surface area contributed by atoms with E-state index in [1.165, 1.54) is 82.0 Å². The van der Waals surface area contributed by atoms with Gasteiger partial charge in [0.05, 0.1) is 16.6 Å². The van der Waals surface area contributed by atoms with Crippen LogP contribution in [0.3, 0.4) is 0 Å². The number of nitrogens with zero attached hydrogens (tertiary/aromatic N) is 2. The molecule has 2 heterocycles. The van der Waals surface area contributed by atoms with E-state index in [4.69, 9.17) is 0 Å². The first-order valence-corrected chi connectivity index (χ1v) is 17.2. The highest BCUT2D eigenvalue weighted by atomic mass is 15.0. The van der Waals surface area contributed by atoms with Gasteiger partial charge in [0.2, 0.25) is 0 Å². The van der Waals surface area contributed by atoms with Crippen molar-refractivity contribution in [3.63, 3.8) is 0 Å². The molecule has 0 aliphatic carbocycles. The number of hydrogen-bond acceptors (Lipinski definition) is 0. The van der Waals surface area contributed by atoms with E-state index in [2.05, 4.69) is 193 Å². The Bertz CT molecular complexity index is 2800. The molecule has 0 fully saturated rings. The summed E-state index contributed by atoms with van der Waals surface area (Å²) in [5.41, 5.74) is 10.9. The first-order valence-electron chi connectivity index (χ1n) is 17.2.